The molecule has 45 heteroatoms. The third-order valence-corrected chi connectivity index (χ3v) is 6.38. The second-order valence-corrected chi connectivity index (χ2v) is 11.9. The van der Waals surface area contributed by atoms with Crippen molar-refractivity contribution in [1.29, 1.82) is 0 Å². The summed E-state index contributed by atoms with van der Waals surface area (Å²) in [6.45, 7) is -7.14. The van der Waals surface area contributed by atoms with Crippen LogP contribution in [0.1, 0.15) is 0 Å². The lowest BCUT2D eigenvalue weighted by atomic mass is 10.4. The van der Waals surface area contributed by atoms with Crippen LogP contribution in [-0.2, 0) is 51.6 Å². The Bertz CT molecular complexity index is 1570. The first kappa shape index (κ1) is 61.7. The summed E-state index contributed by atoms with van der Waals surface area (Å²) in [5.74, 6) is -6.94. The molecule has 0 aliphatic rings. The molecule has 0 radical (unpaired) electrons. The van der Waals surface area contributed by atoms with E-state index < -0.39 is 132 Å². The average molecular weight is 1070 g/mol. The largest absolute Gasteiger partial charge is 0.483 e. The molecule has 65 heavy (non-hydrogen) atoms. The topological polar surface area (TPSA) is 169 Å². The van der Waals surface area contributed by atoms with E-state index in [0.717, 1.165) is 0 Å². The number of hydrogen-bond donors (Lipinski definition) is 3. The van der Waals surface area contributed by atoms with Gasteiger partial charge in [0, 0.05) is 13.1 Å². The van der Waals surface area contributed by atoms with Gasteiger partial charge in [-0.2, -0.15) is 132 Å². The Kier molecular flexibility index (Phi) is 18.0. The van der Waals surface area contributed by atoms with Crippen molar-refractivity contribution in [3.05, 3.63) is 0 Å². The molecule has 0 aromatic rings. The van der Waals surface area contributed by atoms with Gasteiger partial charge in [0.1, 0.15) is 0 Å². The van der Waals surface area contributed by atoms with E-state index in [0.29, 0.717) is 10.6 Å². The lowest BCUT2D eigenvalue weighted by Gasteiger charge is -2.34. The van der Waals surface area contributed by atoms with Crippen molar-refractivity contribution in [3.63, 3.8) is 0 Å². The minimum absolute atomic E-state index is 0.586. The number of rotatable bonds is 26. The van der Waals surface area contributed by atoms with Crippen LogP contribution < -0.4 is 10.6 Å². The summed E-state index contributed by atoms with van der Waals surface area (Å²) in [5.41, 5.74) is 0. The molecule has 0 rings (SSSR count). The maximum absolute atomic E-state index is 13.7. The fourth-order valence-electron chi connectivity index (χ4n) is 2.54. The normalized spacial score (nSPS) is 15.6. The molecule has 0 fully saturated rings. The first-order valence-corrected chi connectivity index (χ1v) is 15.6. The van der Waals surface area contributed by atoms with Gasteiger partial charge >= 0.3 is 105 Å². The zero-order valence-electron chi connectivity index (χ0n) is 28.6. The molecule has 14 nitrogen and oxygen atoms in total. The van der Waals surface area contributed by atoms with Gasteiger partial charge in [0.05, 0.1) is 13.2 Å². The molecular formula is C20H11F30N2O12P. The van der Waals surface area contributed by atoms with E-state index in [4.69, 9.17) is 0 Å². The smallest absolute Gasteiger partial charge is 0.346 e. The molecule has 0 saturated heterocycles. The first-order chi connectivity index (χ1) is 28.0. The maximum atomic E-state index is 13.7. The summed E-state index contributed by atoms with van der Waals surface area (Å²) >= 11 is 0. The summed E-state index contributed by atoms with van der Waals surface area (Å²) in [4.78, 5) is 31.9. The van der Waals surface area contributed by atoms with Gasteiger partial charge in [-0.15, -0.1) is 0 Å². The van der Waals surface area contributed by atoms with Gasteiger partial charge in [0.25, 0.3) is 0 Å². The van der Waals surface area contributed by atoms with Crippen LogP contribution >= 0.6 is 7.82 Å². The minimum atomic E-state index is -7.73. The van der Waals surface area contributed by atoms with Gasteiger partial charge in [0.15, 0.2) is 0 Å². The molecule has 0 bridgehead atoms. The molecule has 0 unspecified atom stereocenters. The summed E-state index contributed by atoms with van der Waals surface area (Å²) in [6.07, 6.45) is -104. The van der Waals surface area contributed by atoms with Crippen molar-refractivity contribution in [3.8, 4) is 0 Å². The van der Waals surface area contributed by atoms with Crippen LogP contribution in [0.3, 0.4) is 0 Å². The number of halogens is 30. The Morgan fingerprint density at radius 1 is 0.354 bits per heavy atom. The average Bonchev–Trinajstić information content (AvgIpc) is 3.00. The van der Waals surface area contributed by atoms with Crippen molar-refractivity contribution in [1.82, 2.24) is 10.6 Å². The van der Waals surface area contributed by atoms with Gasteiger partial charge in [-0.3, -0.25) is 18.6 Å². The van der Waals surface area contributed by atoms with Crippen LogP contribution in [0.25, 0.3) is 0 Å². The third kappa shape index (κ3) is 15.9. The Hall–Kier alpha value is -3.29. The molecule has 3 N–H and O–H groups in total. The van der Waals surface area contributed by atoms with Crippen molar-refractivity contribution in [2.45, 2.75) is 85.7 Å². The number of phosphoric acid groups is 1. The standard InChI is InChI=1S/C20H11F30N2O12P/c21-7(22,59-13(35,36)15(39,40)63-19(47,48)17(43,44)61-11(31,32)9(25,26)27)5(53)51-1-3-57-65(55,56)58-4-2-52-6(54)8(23,24)60-14(37,38)16(41,42)64-20(49,50)18(45,46)62-12(33,34)10(28,29)30/h1-4H2,(H,51,53)(H,52,54)(H,55,56). The second-order valence-electron chi connectivity index (χ2n) is 10.5. The van der Waals surface area contributed by atoms with Gasteiger partial charge in [0.2, 0.25) is 0 Å². The molecule has 0 aromatic carbocycles. The highest BCUT2D eigenvalue weighted by Crippen LogP contribution is 2.52. The molecule has 0 aliphatic carbocycles. The quantitative estimate of drug-likeness (QED) is 0.0440. The lowest BCUT2D eigenvalue weighted by Crippen LogP contribution is -2.59. The van der Waals surface area contributed by atoms with Crippen LogP contribution in [0.2, 0.25) is 0 Å². The number of nitrogens with one attached hydrogen (secondary N) is 2. The van der Waals surface area contributed by atoms with E-state index in [2.05, 4.69) is 9.05 Å². The van der Waals surface area contributed by atoms with Gasteiger partial charge < -0.3 is 15.5 Å². The highest BCUT2D eigenvalue weighted by molar-refractivity contribution is 7.47. The molecule has 0 spiro atoms. The van der Waals surface area contributed by atoms with Crippen LogP contribution in [0.4, 0.5) is 132 Å². The second kappa shape index (κ2) is 19.0. The Morgan fingerprint density at radius 2 is 0.538 bits per heavy atom. The number of phosphoric ester groups is 1. The summed E-state index contributed by atoms with van der Waals surface area (Å²) in [5, 5.41) is 1.17. The predicted molar refractivity (Wildman–Crippen MR) is 126 cm³/mol. The Morgan fingerprint density at radius 3 is 0.738 bits per heavy atom. The van der Waals surface area contributed by atoms with Crippen molar-refractivity contribution in [2.24, 2.45) is 0 Å². The van der Waals surface area contributed by atoms with E-state index in [1.54, 1.807) is 0 Å². The van der Waals surface area contributed by atoms with Crippen molar-refractivity contribution in [2.75, 3.05) is 26.3 Å². The zero-order valence-corrected chi connectivity index (χ0v) is 29.4. The lowest BCUT2D eigenvalue weighted by molar-refractivity contribution is -0.565. The van der Waals surface area contributed by atoms with Gasteiger partial charge in [-0.25, -0.2) is 33.0 Å². The monoisotopic (exact) mass is 1070 g/mol. The van der Waals surface area contributed by atoms with E-state index >= 15 is 0 Å². The number of ether oxygens (including phenoxy) is 6. The molecule has 0 saturated carbocycles. The number of amides is 2. The highest BCUT2D eigenvalue weighted by atomic mass is 31.2. The van der Waals surface area contributed by atoms with E-state index in [9.17, 15) is 151 Å². The number of hydrogen-bond acceptors (Lipinski definition) is 11. The van der Waals surface area contributed by atoms with E-state index in [1.165, 1.54) is 18.9 Å². The number of alkyl halides is 30. The molecule has 0 atom stereocenters. The molecule has 2 amide bonds. The van der Waals surface area contributed by atoms with Crippen LogP contribution in [-0.4, -0.2) is 129 Å². The van der Waals surface area contributed by atoms with Gasteiger partial charge in [-0.1, -0.05) is 0 Å². The van der Waals surface area contributed by atoms with Crippen LogP contribution in [0, 0.1) is 0 Å². The Balaban J connectivity index is 5.34. The highest BCUT2D eigenvalue weighted by Gasteiger charge is 2.78. The van der Waals surface area contributed by atoms with Crippen LogP contribution in [0.15, 0.2) is 0 Å². The molecule has 0 heterocycles. The minimum Gasteiger partial charge on any atom is -0.346 e. The number of carbonyl (C=O) groups excluding carboxylic acids is 2. The fraction of sp³-hybridized carbons (Fsp3) is 0.900. The zero-order chi connectivity index (χ0) is 52.6. The molecule has 388 valence electrons. The third-order valence-electron chi connectivity index (χ3n) is 5.37. The molecule has 0 aromatic heterocycles. The number of carbonyl (C=O) groups is 2. The summed E-state index contributed by atoms with van der Waals surface area (Å²) in [6, 6.07) is 0. The maximum Gasteiger partial charge on any atom is 0.483 e. The fourth-order valence-corrected chi connectivity index (χ4v) is 3.26. The first-order valence-electron chi connectivity index (χ1n) is 14.1. The summed E-state index contributed by atoms with van der Waals surface area (Å²) in [7, 11) is -5.83. The van der Waals surface area contributed by atoms with Gasteiger partial charge in [-0.05, 0) is 0 Å². The van der Waals surface area contributed by atoms with Crippen LogP contribution in [0.5, 0.6) is 0 Å². The van der Waals surface area contributed by atoms with E-state index in [1.807, 2.05) is 9.47 Å². The Labute approximate surface area is 331 Å². The van der Waals surface area contributed by atoms with E-state index in [-0.39, 0.29) is 0 Å². The summed E-state index contributed by atoms with van der Waals surface area (Å²) < 4.78 is 418. The van der Waals surface area contributed by atoms with Crippen molar-refractivity contribution >= 4 is 19.6 Å². The SMILES string of the molecule is O=C(NCCOP(=O)(O)OCCNC(=O)C(F)(F)OC(F)(F)C(F)(F)OC(F)(F)C(F)(F)OC(F)(F)C(F)(F)F)C(F)(F)OC(F)(F)C(F)(F)OC(F)(F)C(F)(F)OC(F)(F)C(F)(F)F. The van der Waals surface area contributed by atoms with Crippen molar-refractivity contribution < 1.29 is 188 Å². The molecular weight excluding hydrogens is 1060 g/mol. The predicted octanol–water partition coefficient (Wildman–Crippen LogP) is 7.69. The molecule has 0 aliphatic heterocycles.